The molecule has 1 aromatic heterocycles. The maximum Gasteiger partial charge on any atom is 0.333 e. The maximum atomic E-state index is 12.8. The molecule has 0 saturated heterocycles. The molecule has 0 atom stereocenters. The van der Waals surface area contributed by atoms with Gasteiger partial charge in [0.25, 0.3) is 5.56 Å². The molecule has 2 aromatic carbocycles. The minimum atomic E-state index is -0.704. The fraction of sp³-hybridized carbons (Fsp3) is 0.217. The molecular weight excluding hydrogens is 464 g/mol. The first kappa shape index (κ1) is 24.3. The van der Waals surface area contributed by atoms with E-state index in [0.29, 0.717) is 16.4 Å². The van der Waals surface area contributed by atoms with Gasteiger partial charge in [0, 0.05) is 24.8 Å². The molecule has 0 saturated carbocycles. The highest BCUT2D eigenvalue weighted by Gasteiger charge is 2.22. The van der Waals surface area contributed by atoms with Gasteiger partial charge in [-0.25, -0.2) is 9.79 Å². The molecular formula is C23H23ClN4O4S. The first-order valence-corrected chi connectivity index (χ1v) is 11.4. The van der Waals surface area contributed by atoms with Gasteiger partial charge in [0.2, 0.25) is 11.8 Å². The quantitative estimate of drug-likeness (QED) is 0.410. The molecule has 1 heterocycles. The summed E-state index contributed by atoms with van der Waals surface area (Å²) < 4.78 is 1.85. The van der Waals surface area contributed by atoms with Crippen LogP contribution < -0.4 is 16.6 Å². The molecule has 3 aromatic rings. The van der Waals surface area contributed by atoms with E-state index in [1.807, 2.05) is 19.1 Å². The van der Waals surface area contributed by atoms with Crippen molar-refractivity contribution in [2.24, 2.45) is 19.1 Å². The summed E-state index contributed by atoms with van der Waals surface area (Å²) in [6.45, 7) is 2.03. The van der Waals surface area contributed by atoms with Gasteiger partial charge in [0.15, 0.2) is 0 Å². The lowest BCUT2D eigenvalue weighted by molar-refractivity contribution is -0.113. The zero-order valence-electron chi connectivity index (χ0n) is 18.3. The number of rotatable bonds is 6. The number of anilines is 1. The molecule has 0 bridgehead atoms. The van der Waals surface area contributed by atoms with Gasteiger partial charge >= 0.3 is 5.69 Å². The van der Waals surface area contributed by atoms with Gasteiger partial charge in [-0.2, -0.15) is 0 Å². The number of aromatic hydroxyl groups is 1. The van der Waals surface area contributed by atoms with Crippen LogP contribution in [0.5, 0.6) is 5.88 Å². The fourth-order valence-electron chi connectivity index (χ4n) is 2.97. The van der Waals surface area contributed by atoms with E-state index >= 15 is 0 Å². The zero-order chi connectivity index (χ0) is 24.1. The number of carbonyl (C=O) groups excluding carboxylic acids is 1. The van der Waals surface area contributed by atoms with Gasteiger partial charge in [-0.15, -0.1) is 0 Å². The normalized spacial score (nSPS) is 11.5. The highest BCUT2D eigenvalue weighted by atomic mass is 35.5. The van der Waals surface area contributed by atoms with E-state index < -0.39 is 17.1 Å². The van der Waals surface area contributed by atoms with Crippen molar-refractivity contribution in [3.05, 3.63) is 85.5 Å². The molecule has 172 valence electrons. The van der Waals surface area contributed by atoms with Crippen molar-refractivity contribution in [1.82, 2.24) is 9.13 Å². The molecule has 0 spiro atoms. The van der Waals surface area contributed by atoms with Gasteiger partial charge in [0.1, 0.15) is 10.6 Å². The van der Waals surface area contributed by atoms with Crippen molar-refractivity contribution in [2.75, 3.05) is 11.1 Å². The number of hydrogen-bond donors (Lipinski definition) is 2. The standard InChI is InChI=1S/C23H23ClN4O4S/c1-4-14-5-9-17(10-6-14)26-20(19-21(30)27(2)23(32)28(3)22(19)31)33-13-18(29)25-16-11-7-15(24)8-12-16/h5-12,30H,4,13H2,1-3H3,(H,25,29). The second kappa shape index (κ2) is 10.5. The van der Waals surface area contributed by atoms with Gasteiger partial charge in [-0.1, -0.05) is 42.4 Å². The topological polar surface area (TPSA) is 106 Å². The van der Waals surface area contributed by atoms with Crippen LogP contribution in [0.2, 0.25) is 5.02 Å². The number of carbonyl (C=O) groups is 1. The summed E-state index contributed by atoms with van der Waals surface area (Å²) in [4.78, 5) is 42.0. The molecule has 0 radical (unpaired) electrons. The molecule has 1 amide bonds. The predicted molar refractivity (Wildman–Crippen MR) is 133 cm³/mol. The van der Waals surface area contributed by atoms with Crippen LogP contribution in [0.3, 0.4) is 0 Å². The third kappa shape index (κ3) is 5.74. The van der Waals surface area contributed by atoms with Crippen molar-refractivity contribution < 1.29 is 9.90 Å². The summed E-state index contributed by atoms with van der Waals surface area (Å²) >= 11 is 6.85. The molecule has 0 aliphatic carbocycles. The van der Waals surface area contributed by atoms with E-state index in [2.05, 4.69) is 10.3 Å². The van der Waals surface area contributed by atoms with Gasteiger partial charge in [-0.3, -0.25) is 18.7 Å². The molecule has 3 rings (SSSR count). The Hall–Kier alpha value is -3.30. The first-order valence-electron chi connectivity index (χ1n) is 10.1. The molecule has 8 nitrogen and oxygen atoms in total. The first-order chi connectivity index (χ1) is 15.7. The minimum absolute atomic E-state index is 0.0834. The number of aromatic nitrogens is 2. The van der Waals surface area contributed by atoms with Crippen LogP contribution in [0.15, 0.2) is 63.1 Å². The minimum Gasteiger partial charge on any atom is -0.494 e. The second-order valence-corrected chi connectivity index (χ2v) is 8.59. The number of amides is 1. The Morgan fingerprint density at radius 3 is 2.30 bits per heavy atom. The molecule has 10 heteroatoms. The molecule has 0 aliphatic rings. The largest absolute Gasteiger partial charge is 0.494 e. The number of aliphatic imine (C=N–C) groups is 1. The Labute approximate surface area is 199 Å². The van der Waals surface area contributed by atoms with Gasteiger partial charge in [-0.05, 0) is 48.4 Å². The van der Waals surface area contributed by atoms with Gasteiger partial charge in [0.05, 0.1) is 11.4 Å². The third-order valence-corrected chi connectivity index (χ3v) is 6.12. The molecule has 2 N–H and O–H groups in total. The van der Waals surface area contributed by atoms with Crippen LogP contribution in [0, 0.1) is 0 Å². The third-order valence-electron chi connectivity index (χ3n) is 4.89. The Kier molecular flexibility index (Phi) is 7.78. The highest BCUT2D eigenvalue weighted by molar-refractivity contribution is 8.15. The van der Waals surface area contributed by atoms with E-state index in [9.17, 15) is 19.5 Å². The summed E-state index contributed by atoms with van der Waals surface area (Å²) in [5.74, 6) is -0.935. The van der Waals surface area contributed by atoms with Crippen molar-refractivity contribution in [2.45, 2.75) is 13.3 Å². The highest BCUT2D eigenvalue weighted by Crippen LogP contribution is 2.24. The van der Waals surface area contributed by atoms with Crippen molar-refractivity contribution >= 4 is 45.7 Å². The maximum absolute atomic E-state index is 12.8. The summed E-state index contributed by atoms with van der Waals surface area (Å²) in [5.41, 5.74) is 0.709. The van der Waals surface area contributed by atoms with Crippen LogP contribution in [-0.4, -0.2) is 30.9 Å². The van der Waals surface area contributed by atoms with Gasteiger partial charge < -0.3 is 10.4 Å². The van der Waals surface area contributed by atoms with E-state index in [-0.39, 0.29) is 22.3 Å². The molecule has 0 unspecified atom stereocenters. The SMILES string of the molecule is CCc1ccc(N=C(SCC(=O)Nc2ccc(Cl)cc2)c2c(O)n(C)c(=O)n(C)c2=O)cc1. The average molecular weight is 487 g/mol. The van der Waals surface area contributed by atoms with Crippen molar-refractivity contribution in [1.29, 1.82) is 0 Å². The lowest BCUT2D eigenvalue weighted by Gasteiger charge is -2.12. The number of halogens is 1. The smallest absolute Gasteiger partial charge is 0.333 e. The average Bonchev–Trinajstić information content (AvgIpc) is 2.82. The number of aryl methyl sites for hydroxylation is 1. The van der Waals surface area contributed by atoms with Crippen molar-refractivity contribution in [3.63, 3.8) is 0 Å². The number of benzene rings is 2. The molecule has 0 fully saturated rings. The second-order valence-electron chi connectivity index (χ2n) is 7.19. The van der Waals surface area contributed by atoms with E-state index in [1.54, 1.807) is 36.4 Å². The van der Waals surface area contributed by atoms with E-state index in [1.165, 1.54) is 14.1 Å². The Balaban J connectivity index is 1.97. The summed E-state index contributed by atoms with van der Waals surface area (Å²) in [6, 6.07) is 14.0. The van der Waals surface area contributed by atoms with Crippen LogP contribution in [-0.2, 0) is 25.3 Å². The predicted octanol–water partition coefficient (Wildman–Crippen LogP) is 3.46. The van der Waals surface area contributed by atoms with Crippen LogP contribution >= 0.6 is 23.4 Å². The monoisotopic (exact) mass is 486 g/mol. The summed E-state index contributed by atoms with van der Waals surface area (Å²) in [5, 5.41) is 14.0. The number of hydrogen-bond acceptors (Lipinski definition) is 6. The Morgan fingerprint density at radius 1 is 1.06 bits per heavy atom. The van der Waals surface area contributed by atoms with E-state index in [4.69, 9.17) is 11.6 Å². The lowest BCUT2D eigenvalue weighted by Crippen LogP contribution is -2.39. The Bertz CT molecular complexity index is 1310. The Morgan fingerprint density at radius 2 is 1.70 bits per heavy atom. The summed E-state index contributed by atoms with van der Waals surface area (Å²) in [7, 11) is 2.67. The molecule has 0 aliphatic heterocycles. The van der Waals surface area contributed by atoms with Crippen LogP contribution in [0.4, 0.5) is 11.4 Å². The van der Waals surface area contributed by atoms with Crippen LogP contribution in [0.25, 0.3) is 0 Å². The molecule has 33 heavy (non-hydrogen) atoms. The lowest BCUT2D eigenvalue weighted by atomic mass is 10.1. The number of nitrogens with zero attached hydrogens (tertiary/aromatic N) is 3. The zero-order valence-corrected chi connectivity index (χ0v) is 19.9. The fourth-order valence-corrected chi connectivity index (χ4v) is 3.93. The van der Waals surface area contributed by atoms with Crippen molar-refractivity contribution in [3.8, 4) is 5.88 Å². The van der Waals surface area contributed by atoms with Crippen LogP contribution in [0.1, 0.15) is 18.1 Å². The number of thioether (sulfide) groups is 1. The van der Waals surface area contributed by atoms with E-state index in [0.717, 1.165) is 32.9 Å². The number of nitrogens with one attached hydrogen (secondary N) is 1. The summed E-state index contributed by atoms with van der Waals surface area (Å²) in [6.07, 6.45) is 0.860.